The summed E-state index contributed by atoms with van der Waals surface area (Å²) >= 11 is 0. The average Bonchev–Trinajstić information content (AvgIpc) is 2.91. The summed E-state index contributed by atoms with van der Waals surface area (Å²) in [7, 11) is -2.02. The Bertz CT molecular complexity index is 940. The highest BCUT2D eigenvalue weighted by Gasteiger charge is 2.39. The predicted molar refractivity (Wildman–Crippen MR) is 157 cm³/mol. The molecule has 226 valence electrons. The van der Waals surface area contributed by atoms with Gasteiger partial charge in [-0.2, -0.15) is 0 Å². The zero-order chi connectivity index (χ0) is 29.3. The van der Waals surface area contributed by atoms with Crippen molar-refractivity contribution < 1.29 is 37.6 Å². The molecule has 10 heteroatoms. The van der Waals surface area contributed by atoms with Crippen molar-refractivity contribution in [3.63, 3.8) is 0 Å². The van der Waals surface area contributed by atoms with Gasteiger partial charge in [-0.15, -0.1) is 0 Å². The second kappa shape index (κ2) is 18.4. The molecule has 0 radical (unpaired) electrons. The van der Waals surface area contributed by atoms with Gasteiger partial charge in [0, 0.05) is 19.2 Å². The summed E-state index contributed by atoms with van der Waals surface area (Å²) in [5, 5.41) is 12.2. The maximum atomic E-state index is 13.1. The van der Waals surface area contributed by atoms with Gasteiger partial charge in [0.1, 0.15) is 30.5 Å². The molecule has 0 saturated heterocycles. The molecule has 1 atom stereocenters. The van der Waals surface area contributed by atoms with E-state index in [2.05, 4.69) is 39.2 Å². The third-order valence-corrected chi connectivity index (χ3v) is 11.1. The van der Waals surface area contributed by atoms with E-state index in [9.17, 15) is 4.39 Å². The van der Waals surface area contributed by atoms with Crippen LogP contribution in [0.4, 0.5) is 4.39 Å². The molecule has 0 aliphatic rings. The molecule has 2 rings (SSSR count). The average molecular weight is 582 g/mol. The third kappa shape index (κ3) is 14.0. The molecule has 2 aromatic carbocycles. The van der Waals surface area contributed by atoms with Gasteiger partial charge in [0.05, 0.1) is 52.4 Å². The molecular formula is C30H48FNO7Si. The lowest BCUT2D eigenvalue weighted by Gasteiger charge is -2.39. The van der Waals surface area contributed by atoms with E-state index in [-0.39, 0.29) is 23.6 Å². The first-order chi connectivity index (χ1) is 19.1. The van der Waals surface area contributed by atoms with Crippen molar-refractivity contribution in [2.75, 3.05) is 65.9 Å². The van der Waals surface area contributed by atoms with Gasteiger partial charge in [-0.05, 0) is 48.0 Å². The topological polar surface area (TPSA) is 87.6 Å². The molecule has 2 N–H and O–H groups in total. The molecule has 40 heavy (non-hydrogen) atoms. The molecular weight excluding hydrogens is 533 g/mol. The summed E-state index contributed by atoms with van der Waals surface area (Å²) in [5.41, 5.74) is 0.891. The number of halogens is 1. The number of hydrogen-bond donors (Lipinski definition) is 2. The standard InChI is InChI=1S/C30H48FNO7Si/c1-30(2,3)40(4,5)39-29(22-32-13-15-34-17-19-36-20-18-35-16-14-33)24-38-28-8-6-7-27(21-28)37-23-25-9-11-26(31)12-10-25/h6-12,21,29,32-33H,13-20,22-24H2,1-5H3. The molecule has 0 heterocycles. The second-order valence-corrected chi connectivity index (χ2v) is 15.7. The minimum absolute atomic E-state index is 0.0200. The van der Waals surface area contributed by atoms with Gasteiger partial charge in [0.2, 0.25) is 0 Å². The smallest absolute Gasteiger partial charge is 0.192 e. The van der Waals surface area contributed by atoms with Gasteiger partial charge >= 0.3 is 0 Å². The van der Waals surface area contributed by atoms with Crippen molar-refractivity contribution in [2.45, 2.75) is 51.6 Å². The fourth-order valence-corrected chi connectivity index (χ4v) is 4.67. The van der Waals surface area contributed by atoms with Crippen LogP contribution in [-0.2, 0) is 25.2 Å². The van der Waals surface area contributed by atoms with Gasteiger partial charge < -0.3 is 38.5 Å². The van der Waals surface area contributed by atoms with Crippen LogP contribution in [0.5, 0.6) is 11.5 Å². The number of aliphatic hydroxyl groups excluding tert-OH is 1. The lowest BCUT2D eigenvalue weighted by molar-refractivity contribution is 0.00790. The molecule has 0 saturated carbocycles. The van der Waals surface area contributed by atoms with Crippen molar-refractivity contribution in [1.82, 2.24) is 5.32 Å². The van der Waals surface area contributed by atoms with Gasteiger partial charge in [0.15, 0.2) is 8.32 Å². The van der Waals surface area contributed by atoms with Crippen LogP contribution in [0.15, 0.2) is 48.5 Å². The largest absolute Gasteiger partial charge is 0.491 e. The highest BCUT2D eigenvalue weighted by Crippen LogP contribution is 2.37. The lowest BCUT2D eigenvalue weighted by atomic mass is 10.2. The fourth-order valence-electron chi connectivity index (χ4n) is 3.33. The molecule has 0 aliphatic carbocycles. The number of aliphatic hydroxyl groups is 1. The molecule has 1 unspecified atom stereocenters. The van der Waals surface area contributed by atoms with Crippen LogP contribution in [0.25, 0.3) is 0 Å². The van der Waals surface area contributed by atoms with Crippen molar-refractivity contribution in [3.8, 4) is 11.5 Å². The molecule has 0 spiro atoms. The van der Waals surface area contributed by atoms with E-state index < -0.39 is 8.32 Å². The summed E-state index contributed by atoms with van der Waals surface area (Å²) in [6, 6.07) is 13.8. The lowest BCUT2D eigenvalue weighted by Crippen LogP contribution is -2.48. The molecule has 0 amide bonds. The zero-order valence-corrected chi connectivity index (χ0v) is 25.7. The second-order valence-electron chi connectivity index (χ2n) is 11.0. The maximum absolute atomic E-state index is 13.1. The number of nitrogens with one attached hydrogen (secondary N) is 1. The Morgan fingerprint density at radius 1 is 0.850 bits per heavy atom. The Kier molecular flexibility index (Phi) is 15.7. The van der Waals surface area contributed by atoms with Gasteiger partial charge in [-0.3, -0.25) is 0 Å². The van der Waals surface area contributed by atoms with Gasteiger partial charge in [-0.25, -0.2) is 4.39 Å². The fraction of sp³-hybridized carbons (Fsp3) is 0.600. The van der Waals surface area contributed by atoms with Crippen LogP contribution < -0.4 is 14.8 Å². The highest BCUT2D eigenvalue weighted by atomic mass is 28.4. The zero-order valence-electron chi connectivity index (χ0n) is 24.7. The van der Waals surface area contributed by atoms with Crippen LogP contribution in [0.1, 0.15) is 26.3 Å². The van der Waals surface area contributed by atoms with E-state index in [0.717, 1.165) is 5.56 Å². The van der Waals surface area contributed by atoms with Crippen molar-refractivity contribution >= 4 is 8.32 Å². The van der Waals surface area contributed by atoms with E-state index in [0.29, 0.717) is 77.4 Å². The van der Waals surface area contributed by atoms with Crippen LogP contribution in [-0.4, -0.2) is 85.5 Å². The highest BCUT2D eigenvalue weighted by molar-refractivity contribution is 6.74. The van der Waals surface area contributed by atoms with E-state index in [1.165, 1.54) is 12.1 Å². The number of hydrogen-bond acceptors (Lipinski definition) is 8. The van der Waals surface area contributed by atoms with Crippen LogP contribution in [0, 0.1) is 5.82 Å². The van der Waals surface area contributed by atoms with Crippen LogP contribution in [0.2, 0.25) is 18.1 Å². The number of benzene rings is 2. The van der Waals surface area contributed by atoms with E-state index in [4.69, 9.17) is 33.2 Å². The Hall–Kier alpha value is -2.05. The first-order valence-corrected chi connectivity index (χ1v) is 16.8. The normalized spacial score (nSPS) is 12.9. The Labute approximate surface area is 240 Å². The van der Waals surface area contributed by atoms with Crippen LogP contribution >= 0.6 is 0 Å². The van der Waals surface area contributed by atoms with Gasteiger partial charge in [0.25, 0.3) is 0 Å². The molecule has 0 fully saturated rings. The number of ether oxygens (including phenoxy) is 5. The van der Waals surface area contributed by atoms with Gasteiger partial charge in [-0.1, -0.05) is 39.0 Å². The summed E-state index contributed by atoms with van der Waals surface area (Å²) in [5.74, 6) is 1.12. The Balaban J connectivity index is 1.78. The molecule has 0 aliphatic heterocycles. The summed E-state index contributed by atoms with van der Waals surface area (Å²) in [4.78, 5) is 0. The molecule has 8 nitrogen and oxygen atoms in total. The van der Waals surface area contributed by atoms with E-state index in [1.54, 1.807) is 12.1 Å². The van der Waals surface area contributed by atoms with Crippen LogP contribution in [0.3, 0.4) is 0 Å². The van der Waals surface area contributed by atoms with Crippen molar-refractivity contribution in [1.29, 1.82) is 0 Å². The Morgan fingerprint density at radius 3 is 2.08 bits per heavy atom. The SMILES string of the molecule is CC(C)(C)[Si](C)(C)OC(CNCCOCCOCCOCCO)COc1cccc(OCc2ccc(F)cc2)c1. The van der Waals surface area contributed by atoms with E-state index >= 15 is 0 Å². The third-order valence-electron chi connectivity index (χ3n) is 6.60. The number of rotatable bonds is 21. The quantitative estimate of drug-likeness (QED) is 0.161. The first kappa shape index (κ1) is 34.1. The van der Waals surface area contributed by atoms with Crippen molar-refractivity contribution in [2.24, 2.45) is 0 Å². The minimum Gasteiger partial charge on any atom is -0.491 e. The maximum Gasteiger partial charge on any atom is 0.192 e. The summed E-state index contributed by atoms with van der Waals surface area (Å²) in [6.45, 7) is 16.1. The summed E-state index contributed by atoms with van der Waals surface area (Å²) < 4.78 is 48.1. The molecule has 0 aromatic heterocycles. The first-order valence-electron chi connectivity index (χ1n) is 13.9. The minimum atomic E-state index is -2.02. The monoisotopic (exact) mass is 581 g/mol. The van der Waals surface area contributed by atoms with Crippen molar-refractivity contribution in [3.05, 3.63) is 59.9 Å². The Morgan fingerprint density at radius 2 is 1.45 bits per heavy atom. The summed E-state index contributed by atoms with van der Waals surface area (Å²) in [6.07, 6.45) is -0.132. The molecule has 2 aromatic rings. The van der Waals surface area contributed by atoms with E-state index in [1.807, 2.05) is 24.3 Å². The molecule has 0 bridgehead atoms. The predicted octanol–water partition coefficient (Wildman–Crippen LogP) is 4.81.